The van der Waals surface area contributed by atoms with Crippen molar-refractivity contribution in [3.05, 3.63) is 131 Å². The number of benzene rings is 4. The first kappa shape index (κ1) is 55.1. The molecule has 0 radical (unpaired) electrons. The summed E-state index contributed by atoms with van der Waals surface area (Å²) in [6.45, 7) is 2.52. The van der Waals surface area contributed by atoms with Crippen LogP contribution in [0.4, 0.5) is 26.3 Å². The number of halogens is 6. The van der Waals surface area contributed by atoms with Gasteiger partial charge in [-0.25, -0.2) is 9.59 Å². The van der Waals surface area contributed by atoms with E-state index < -0.39 is 48.7 Å². The molecule has 2 unspecified atom stereocenters. The molecule has 0 spiro atoms. The van der Waals surface area contributed by atoms with Gasteiger partial charge in [-0.05, 0) is 86.1 Å². The molecular formula is C48H58F6O12. The van der Waals surface area contributed by atoms with Gasteiger partial charge >= 0.3 is 24.3 Å². The van der Waals surface area contributed by atoms with Crippen LogP contribution in [0.1, 0.15) is 61.8 Å². The van der Waals surface area contributed by atoms with Crippen molar-refractivity contribution in [3.8, 4) is 11.5 Å². The minimum Gasteiger partial charge on any atom is -0.497 e. The second kappa shape index (κ2) is 27.4. The fourth-order valence-electron chi connectivity index (χ4n) is 5.57. The summed E-state index contributed by atoms with van der Waals surface area (Å²) >= 11 is 0. The number of esters is 2. The van der Waals surface area contributed by atoms with Crippen LogP contribution in [0.2, 0.25) is 0 Å². The largest absolute Gasteiger partial charge is 0.497 e. The normalized spacial score (nSPS) is 16.2. The average Bonchev–Trinajstić information content (AvgIpc) is 4.15. The number of ether oxygens (including phenoxy) is 8. The molecule has 4 aromatic rings. The predicted octanol–water partition coefficient (Wildman–Crippen LogP) is 8.87. The van der Waals surface area contributed by atoms with Gasteiger partial charge in [-0.15, -0.1) is 0 Å². The number of alkyl halides is 6. The number of hydrogen-bond acceptors (Lipinski definition) is 12. The van der Waals surface area contributed by atoms with Crippen LogP contribution in [0, 0.1) is 0 Å². The van der Waals surface area contributed by atoms with Crippen molar-refractivity contribution in [1.29, 1.82) is 0 Å². The quantitative estimate of drug-likeness (QED) is 0.0316. The summed E-state index contributed by atoms with van der Waals surface area (Å²) < 4.78 is 117. The second-order valence-electron chi connectivity index (χ2n) is 15.1. The van der Waals surface area contributed by atoms with Crippen LogP contribution < -0.4 is 9.47 Å². The Kier molecular flexibility index (Phi) is 22.9. The van der Waals surface area contributed by atoms with Crippen LogP contribution in [0.3, 0.4) is 0 Å². The maximum Gasteiger partial charge on any atom is 0.430 e. The summed E-state index contributed by atoms with van der Waals surface area (Å²) in [6.07, 6.45) is -7.33. The summed E-state index contributed by atoms with van der Waals surface area (Å²) in [4.78, 5) is 23.3. The molecule has 2 N–H and O–H groups in total. The first-order valence-electron chi connectivity index (χ1n) is 21.0. The summed E-state index contributed by atoms with van der Waals surface area (Å²) in [5.41, 5.74) is -3.25. The molecule has 0 aliphatic carbocycles. The van der Waals surface area contributed by atoms with Gasteiger partial charge in [-0.1, -0.05) is 84.9 Å². The van der Waals surface area contributed by atoms with Gasteiger partial charge in [0.2, 0.25) is 0 Å². The second-order valence-corrected chi connectivity index (χ2v) is 15.1. The van der Waals surface area contributed by atoms with Crippen molar-refractivity contribution < 1.29 is 84.0 Å². The summed E-state index contributed by atoms with van der Waals surface area (Å²) in [5.74, 6) is -1.58. The van der Waals surface area contributed by atoms with E-state index in [1.54, 1.807) is 74.9 Å². The van der Waals surface area contributed by atoms with E-state index in [2.05, 4.69) is 14.2 Å². The molecule has 66 heavy (non-hydrogen) atoms. The summed E-state index contributed by atoms with van der Waals surface area (Å²) in [5, 5.41) is 18.7. The number of epoxide rings is 1. The number of aliphatic hydroxyl groups is 2. The molecule has 12 nitrogen and oxygen atoms in total. The van der Waals surface area contributed by atoms with Gasteiger partial charge in [0.05, 0.1) is 52.9 Å². The van der Waals surface area contributed by atoms with E-state index in [4.69, 9.17) is 28.8 Å². The molecule has 1 aliphatic heterocycles. The van der Waals surface area contributed by atoms with Crippen molar-refractivity contribution in [3.63, 3.8) is 0 Å². The molecule has 364 valence electrons. The van der Waals surface area contributed by atoms with Crippen LogP contribution in [-0.4, -0.2) is 98.6 Å². The Morgan fingerprint density at radius 1 is 0.652 bits per heavy atom. The molecule has 0 bridgehead atoms. The lowest BCUT2D eigenvalue weighted by atomic mass is 10.1. The highest BCUT2D eigenvalue weighted by molar-refractivity contribution is 5.83. The Morgan fingerprint density at radius 3 is 1.47 bits per heavy atom. The van der Waals surface area contributed by atoms with Gasteiger partial charge in [0, 0.05) is 13.2 Å². The number of hydrogen-bond donors (Lipinski definition) is 2. The van der Waals surface area contributed by atoms with Gasteiger partial charge in [0.15, 0.2) is 0 Å². The van der Waals surface area contributed by atoms with Crippen molar-refractivity contribution >= 4 is 11.9 Å². The summed E-state index contributed by atoms with van der Waals surface area (Å²) in [6, 6.07) is 31.9. The van der Waals surface area contributed by atoms with Crippen molar-refractivity contribution in [2.75, 3.05) is 40.6 Å². The van der Waals surface area contributed by atoms with Crippen LogP contribution in [-0.2, 0) is 64.4 Å². The third kappa shape index (κ3) is 18.6. The molecule has 5 rings (SSSR count). The Bertz CT molecular complexity index is 1960. The Labute approximate surface area is 380 Å². The first-order valence-corrected chi connectivity index (χ1v) is 21.0. The topological polar surface area (TPSA) is 152 Å². The zero-order chi connectivity index (χ0) is 48.6. The Hall–Kier alpha value is -5.24. The molecule has 0 amide bonds. The number of carbonyl (C=O) groups excluding carboxylic acids is 2. The van der Waals surface area contributed by atoms with E-state index in [1.165, 1.54) is 0 Å². The number of carbonyl (C=O) groups is 2. The van der Waals surface area contributed by atoms with E-state index in [9.17, 15) is 41.0 Å². The minimum atomic E-state index is -5.24. The molecule has 1 saturated heterocycles. The van der Waals surface area contributed by atoms with Crippen molar-refractivity contribution in [1.82, 2.24) is 0 Å². The fourth-order valence-corrected chi connectivity index (χ4v) is 5.57. The zero-order valence-corrected chi connectivity index (χ0v) is 37.3. The molecule has 0 aromatic heterocycles. The third-order valence-corrected chi connectivity index (χ3v) is 9.82. The highest BCUT2D eigenvalue weighted by Crippen LogP contribution is 2.44. The number of aliphatic hydroxyl groups excluding tert-OH is 1. The summed E-state index contributed by atoms with van der Waals surface area (Å²) in [7, 11) is 3.24. The van der Waals surface area contributed by atoms with E-state index in [-0.39, 0.29) is 38.6 Å². The van der Waals surface area contributed by atoms with Gasteiger partial charge in [-0.2, -0.15) is 26.3 Å². The van der Waals surface area contributed by atoms with Gasteiger partial charge < -0.3 is 48.1 Å². The lowest BCUT2D eigenvalue weighted by Crippen LogP contribution is -2.56. The van der Waals surface area contributed by atoms with E-state index in [1.807, 2.05) is 62.4 Å². The molecule has 1 heterocycles. The smallest absolute Gasteiger partial charge is 0.430 e. The average molecular weight is 941 g/mol. The maximum atomic E-state index is 13.4. The molecule has 1 aliphatic rings. The number of methoxy groups -OCH3 is 2. The SMILES string of the molecule is COc1ccc(CO[C@@H](C)CCCO)cc1.COc1ccc(CO[C@@H](C)CCCOCC(O)(C(=O)OCc2ccccc2)C(F)(F)F)cc1.O=C(OCc1ccccc1)C1(C(F)(F)F)CO1. The van der Waals surface area contributed by atoms with Gasteiger partial charge in [-0.3, -0.25) is 0 Å². The molecule has 4 aromatic carbocycles. The van der Waals surface area contributed by atoms with E-state index in [0.29, 0.717) is 37.2 Å². The number of rotatable bonds is 23. The Morgan fingerprint density at radius 2 is 1.08 bits per heavy atom. The Balaban J connectivity index is 0.000000292. The van der Waals surface area contributed by atoms with Crippen LogP contribution >= 0.6 is 0 Å². The standard InChI is InChI=1S/C24H29F3O6.C13H20O3.C11H9F3O3/c1-18(32-15-20-10-12-21(30-2)13-11-20)7-6-14-31-17-23(29,24(25,26)27)22(28)33-16-19-8-4-3-5-9-19;1-11(4-3-9-14)16-10-12-5-7-13(15-2)8-6-12;12-11(13,14)10(7-17-10)9(15)16-6-8-4-2-1-3-5-8/h3-5,8-13,18,29H,6-7,14-17H2,1-2H3;5-8,11,14H,3-4,9-10H2,1-2H3;1-5H,6-7H2/t18-,23?;11-;/m00./s1. The highest BCUT2D eigenvalue weighted by atomic mass is 19.4. The maximum absolute atomic E-state index is 13.4. The fraction of sp³-hybridized carbons (Fsp3) is 0.458. The van der Waals surface area contributed by atoms with Crippen LogP contribution in [0.25, 0.3) is 0 Å². The molecule has 1 fully saturated rings. The van der Waals surface area contributed by atoms with Crippen molar-refractivity contribution in [2.24, 2.45) is 0 Å². The lowest BCUT2D eigenvalue weighted by Gasteiger charge is -2.28. The highest BCUT2D eigenvalue weighted by Gasteiger charge is 2.73. The monoisotopic (exact) mass is 940 g/mol. The van der Waals surface area contributed by atoms with Crippen LogP contribution in [0.15, 0.2) is 109 Å². The van der Waals surface area contributed by atoms with Crippen molar-refractivity contribution in [2.45, 2.75) is 102 Å². The molecule has 0 saturated carbocycles. The van der Waals surface area contributed by atoms with Crippen LogP contribution in [0.5, 0.6) is 11.5 Å². The third-order valence-electron chi connectivity index (χ3n) is 9.82. The van der Waals surface area contributed by atoms with Gasteiger partial charge in [0.1, 0.15) is 24.7 Å². The minimum absolute atomic E-state index is 0.0827. The van der Waals surface area contributed by atoms with E-state index in [0.717, 1.165) is 35.5 Å². The first-order chi connectivity index (χ1) is 31.4. The molecule has 18 heteroatoms. The van der Waals surface area contributed by atoms with Gasteiger partial charge in [0.25, 0.3) is 11.2 Å². The molecular weight excluding hydrogens is 883 g/mol. The van der Waals surface area contributed by atoms with E-state index >= 15 is 0 Å². The zero-order valence-electron chi connectivity index (χ0n) is 37.3. The lowest BCUT2D eigenvalue weighted by molar-refractivity contribution is -0.275. The predicted molar refractivity (Wildman–Crippen MR) is 229 cm³/mol. The molecule has 4 atom stereocenters.